The standard InChI is InChI=1S/C21H25BrN2O/c1-24(2)14-18(12-15-6-4-3-5-7-15)23-21(25)20-13-19(20)16-8-10-17(22)11-9-16/h3-11,18-20H,12-14H2,1-2H3,(H,23,25). The van der Waals surface area contributed by atoms with Crippen molar-refractivity contribution in [3.8, 4) is 0 Å². The molecule has 3 atom stereocenters. The van der Waals surface area contributed by atoms with E-state index in [1.54, 1.807) is 0 Å². The summed E-state index contributed by atoms with van der Waals surface area (Å²) in [6.45, 7) is 0.844. The van der Waals surface area contributed by atoms with E-state index < -0.39 is 0 Å². The first kappa shape index (κ1) is 18.2. The summed E-state index contributed by atoms with van der Waals surface area (Å²) in [6.07, 6.45) is 1.81. The number of nitrogens with one attached hydrogen (secondary N) is 1. The van der Waals surface area contributed by atoms with Crippen molar-refractivity contribution in [1.82, 2.24) is 10.2 Å². The highest BCUT2D eigenvalue weighted by Gasteiger charge is 2.44. The Kier molecular flexibility index (Phi) is 5.92. The lowest BCUT2D eigenvalue weighted by Crippen LogP contribution is -2.43. The minimum absolute atomic E-state index is 0.113. The Morgan fingerprint density at radius 1 is 1.16 bits per heavy atom. The fourth-order valence-corrected chi connectivity index (χ4v) is 3.64. The minimum Gasteiger partial charge on any atom is -0.351 e. The zero-order valence-corrected chi connectivity index (χ0v) is 16.4. The third kappa shape index (κ3) is 5.16. The SMILES string of the molecule is CN(C)CC(Cc1ccccc1)NC(=O)C1CC1c1ccc(Br)cc1. The van der Waals surface area contributed by atoms with Gasteiger partial charge in [-0.25, -0.2) is 0 Å². The molecule has 0 bridgehead atoms. The molecule has 0 spiro atoms. The van der Waals surface area contributed by atoms with E-state index in [4.69, 9.17) is 0 Å². The molecule has 1 N–H and O–H groups in total. The minimum atomic E-state index is 0.113. The normalized spacial score (nSPS) is 20.3. The van der Waals surface area contributed by atoms with E-state index in [1.165, 1.54) is 11.1 Å². The van der Waals surface area contributed by atoms with Gasteiger partial charge in [0.15, 0.2) is 0 Å². The zero-order chi connectivity index (χ0) is 17.8. The summed E-state index contributed by atoms with van der Waals surface area (Å²) in [5.41, 5.74) is 2.52. The molecule has 1 saturated carbocycles. The third-order valence-electron chi connectivity index (χ3n) is 4.68. The largest absolute Gasteiger partial charge is 0.351 e. The van der Waals surface area contributed by atoms with Gasteiger partial charge in [0.05, 0.1) is 0 Å². The maximum Gasteiger partial charge on any atom is 0.224 e. The van der Waals surface area contributed by atoms with Gasteiger partial charge in [-0.15, -0.1) is 0 Å². The van der Waals surface area contributed by atoms with Crippen molar-refractivity contribution in [2.24, 2.45) is 5.92 Å². The number of hydrogen-bond donors (Lipinski definition) is 1. The molecule has 0 aromatic heterocycles. The molecule has 1 fully saturated rings. The van der Waals surface area contributed by atoms with Crippen LogP contribution in [-0.2, 0) is 11.2 Å². The summed E-state index contributed by atoms with van der Waals surface area (Å²) in [5, 5.41) is 3.28. The van der Waals surface area contributed by atoms with Crippen LogP contribution in [-0.4, -0.2) is 37.5 Å². The summed E-state index contributed by atoms with van der Waals surface area (Å²) < 4.78 is 1.08. The summed E-state index contributed by atoms with van der Waals surface area (Å²) in [4.78, 5) is 14.8. The van der Waals surface area contributed by atoms with E-state index in [0.29, 0.717) is 5.92 Å². The Balaban J connectivity index is 1.60. The third-order valence-corrected chi connectivity index (χ3v) is 5.21. The molecular formula is C21H25BrN2O. The van der Waals surface area contributed by atoms with Crippen LogP contribution in [0.4, 0.5) is 0 Å². The van der Waals surface area contributed by atoms with Crippen molar-refractivity contribution in [1.29, 1.82) is 0 Å². The molecule has 2 aromatic rings. The van der Waals surface area contributed by atoms with Gasteiger partial charge in [0.2, 0.25) is 5.91 Å². The maximum atomic E-state index is 12.7. The van der Waals surface area contributed by atoms with Gasteiger partial charge >= 0.3 is 0 Å². The summed E-state index contributed by atoms with van der Waals surface area (Å²) in [6, 6.07) is 18.8. The van der Waals surface area contributed by atoms with Gasteiger partial charge in [-0.05, 0) is 56.1 Å². The highest BCUT2D eigenvalue weighted by Crippen LogP contribution is 2.47. The van der Waals surface area contributed by atoms with Crippen LogP contribution in [0.15, 0.2) is 59.1 Å². The molecule has 1 aliphatic carbocycles. The second-order valence-corrected chi connectivity index (χ2v) is 8.07. The highest BCUT2D eigenvalue weighted by molar-refractivity contribution is 9.10. The lowest BCUT2D eigenvalue weighted by molar-refractivity contribution is -0.123. The fourth-order valence-electron chi connectivity index (χ4n) is 3.37. The monoisotopic (exact) mass is 400 g/mol. The predicted molar refractivity (Wildman–Crippen MR) is 106 cm³/mol. The van der Waals surface area contributed by atoms with Crippen molar-refractivity contribution in [3.05, 3.63) is 70.2 Å². The quantitative estimate of drug-likeness (QED) is 0.765. The number of nitrogens with zero attached hydrogens (tertiary/aromatic N) is 1. The molecule has 4 heteroatoms. The first-order chi connectivity index (χ1) is 12.0. The van der Waals surface area contributed by atoms with Crippen LogP contribution in [0, 0.1) is 5.92 Å². The lowest BCUT2D eigenvalue weighted by Gasteiger charge is -2.22. The van der Waals surface area contributed by atoms with Crippen LogP contribution < -0.4 is 5.32 Å². The van der Waals surface area contributed by atoms with Crippen molar-refractivity contribution < 1.29 is 4.79 Å². The van der Waals surface area contributed by atoms with E-state index in [0.717, 1.165) is 23.9 Å². The van der Waals surface area contributed by atoms with Gasteiger partial charge in [-0.3, -0.25) is 4.79 Å². The number of halogens is 1. The average Bonchev–Trinajstić information content (AvgIpc) is 3.36. The molecule has 0 aliphatic heterocycles. The predicted octanol–water partition coefficient (Wildman–Crippen LogP) is 3.84. The van der Waals surface area contributed by atoms with E-state index in [1.807, 2.05) is 44.4 Å². The van der Waals surface area contributed by atoms with Gasteiger partial charge in [-0.1, -0.05) is 58.4 Å². The van der Waals surface area contributed by atoms with Gasteiger partial charge in [0.1, 0.15) is 0 Å². The Bertz CT molecular complexity index is 700. The maximum absolute atomic E-state index is 12.7. The number of carbonyl (C=O) groups excluding carboxylic acids is 1. The molecule has 3 nitrogen and oxygen atoms in total. The number of hydrogen-bond acceptors (Lipinski definition) is 2. The Morgan fingerprint density at radius 3 is 2.48 bits per heavy atom. The van der Waals surface area contributed by atoms with E-state index in [-0.39, 0.29) is 17.9 Å². The molecule has 3 unspecified atom stereocenters. The average molecular weight is 401 g/mol. The lowest BCUT2D eigenvalue weighted by atomic mass is 10.0. The molecule has 0 saturated heterocycles. The topological polar surface area (TPSA) is 32.3 Å². The van der Waals surface area contributed by atoms with Gasteiger partial charge in [0.25, 0.3) is 0 Å². The van der Waals surface area contributed by atoms with Gasteiger partial charge < -0.3 is 10.2 Å². The molecule has 1 amide bonds. The molecule has 0 radical (unpaired) electrons. The van der Waals surface area contributed by atoms with Gasteiger partial charge in [0, 0.05) is 23.0 Å². The van der Waals surface area contributed by atoms with Crippen LogP contribution in [0.2, 0.25) is 0 Å². The summed E-state index contributed by atoms with van der Waals surface area (Å²) >= 11 is 3.46. The van der Waals surface area contributed by atoms with Crippen LogP contribution >= 0.6 is 15.9 Å². The highest BCUT2D eigenvalue weighted by atomic mass is 79.9. The second kappa shape index (κ2) is 8.15. The molecule has 132 valence electrons. The molecule has 25 heavy (non-hydrogen) atoms. The van der Waals surface area contributed by atoms with Crippen molar-refractivity contribution in [2.45, 2.75) is 24.8 Å². The fraction of sp³-hybridized carbons (Fsp3) is 0.381. The molecule has 2 aromatic carbocycles. The molecular weight excluding hydrogens is 376 g/mol. The van der Waals surface area contributed by atoms with Crippen molar-refractivity contribution in [3.63, 3.8) is 0 Å². The zero-order valence-electron chi connectivity index (χ0n) is 14.8. The first-order valence-electron chi connectivity index (χ1n) is 8.77. The molecule has 3 rings (SSSR count). The van der Waals surface area contributed by atoms with E-state index >= 15 is 0 Å². The number of rotatable bonds is 7. The van der Waals surface area contributed by atoms with E-state index in [9.17, 15) is 4.79 Å². The van der Waals surface area contributed by atoms with Crippen LogP contribution in [0.3, 0.4) is 0 Å². The Hall–Kier alpha value is -1.65. The first-order valence-corrected chi connectivity index (χ1v) is 9.56. The molecule has 0 heterocycles. The summed E-state index contributed by atoms with van der Waals surface area (Å²) in [5.74, 6) is 0.669. The summed E-state index contributed by atoms with van der Waals surface area (Å²) in [7, 11) is 4.10. The molecule has 1 aliphatic rings. The van der Waals surface area contributed by atoms with Crippen molar-refractivity contribution >= 4 is 21.8 Å². The van der Waals surface area contributed by atoms with Gasteiger partial charge in [-0.2, -0.15) is 0 Å². The number of benzene rings is 2. The Labute approximate surface area is 158 Å². The van der Waals surface area contributed by atoms with E-state index in [2.05, 4.69) is 50.4 Å². The van der Waals surface area contributed by atoms with Crippen molar-refractivity contribution in [2.75, 3.05) is 20.6 Å². The van der Waals surface area contributed by atoms with Crippen LogP contribution in [0.5, 0.6) is 0 Å². The smallest absolute Gasteiger partial charge is 0.224 e. The number of amides is 1. The second-order valence-electron chi connectivity index (χ2n) is 7.16. The van der Waals surface area contributed by atoms with Crippen LogP contribution in [0.25, 0.3) is 0 Å². The number of likely N-dealkylation sites (N-methyl/N-ethyl adjacent to an activating group) is 1. The Morgan fingerprint density at radius 2 is 1.84 bits per heavy atom. The van der Waals surface area contributed by atoms with Crippen LogP contribution in [0.1, 0.15) is 23.5 Å². The number of carbonyl (C=O) groups is 1.